The lowest BCUT2D eigenvalue weighted by molar-refractivity contribution is 0.0828. The predicted octanol–water partition coefficient (Wildman–Crippen LogP) is 3.36. The molecule has 0 saturated carbocycles. The van der Waals surface area contributed by atoms with Gasteiger partial charge in [0.2, 0.25) is 0 Å². The first kappa shape index (κ1) is 25.7. The average Bonchev–Trinajstić information content (AvgIpc) is 3.04. The Morgan fingerprint density at radius 2 is 0.522 bits per heavy atom. The molecule has 0 saturated heterocycles. The zero-order valence-electron chi connectivity index (χ0n) is 23.1. The number of hydrogen-bond donors (Lipinski definition) is 2. The second-order valence-corrected chi connectivity index (χ2v) is 11.1. The molecule has 0 aliphatic carbocycles. The average molecular weight is 607 g/mol. The fourth-order valence-corrected chi connectivity index (χ4v) is 6.82. The Morgan fingerprint density at radius 3 is 0.783 bits per heavy atom. The normalized spacial score (nSPS) is 16.4. The number of hydrogen-bond acceptors (Lipinski definition) is 8. The van der Waals surface area contributed by atoms with Crippen molar-refractivity contribution in [3.05, 3.63) is 117 Å². The van der Waals surface area contributed by atoms with E-state index in [1.54, 1.807) is 0 Å². The molecular weight excluding hydrogens is 592 g/mol. The van der Waals surface area contributed by atoms with Crippen LogP contribution in [0.25, 0.3) is 21.5 Å². The van der Waals surface area contributed by atoms with Gasteiger partial charge < -0.3 is 0 Å². The number of carbonyl (C=O) groups excluding carboxylic acids is 8. The first-order valence-electron chi connectivity index (χ1n) is 13.9. The Labute approximate surface area is 256 Å². The molecule has 5 aromatic carbocycles. The van der Waals surface area contributed by atoms with E-state index in [9.17, 15) is 38.4 Å². The lowest BCUT2D eigenvalue weighted by atomic mass is 9.86. The number of anilines is 2. The third-order valence-corrected chi connectivity index (χ3v) is 8.85. The molecule has 2 N–H and O–H groups in total. The predicted molar refractivity (Wildman–Crippen MR) is 160 cm³/mol. The molecule has 0 atom stereocenters. The molecule has 0 aromatic heterocycles. The Kier molecular flexibility index (Phi) is 4.70. The summed E-state index contributed by atoms with van der Waals surface area (Å²) in [6, 6.07) is 17.2. The van der Waals surface area contributed by atoms with Crippen molar-refractivity contribution in [2.24, 2.45) is 0 Å². The number of rotatable bonds is 2. The molecule has 0 radical (unpaired) electrons. The molecule has 46 heavy (non-hydrogen) atoms. The highest BCUT2D eigenvalue weighted by molar-refractivity contribution is 6.41. The summed E-state index contributed by atoms with van der Waals surface area (Å²) in [6.07, 6.45) is 0. The molecular formula is C34H14N4O8. The lowest BCUT2D eigenvalue weighted by Crippen LogP contribution is -2.42. The first-order valence-corrected chi connectivity index (χ1v) is 13.9. The van der Waals surface area contributed by atoms with E-state index in [0.717, 1.165) is 9.80 Å². The topological polar surface area (TPSA) is 167 Å². The highest BCUT2D eigenvalue weighted by Crippen LogP contribution is 2.40. The van der Waals surface area contributed by atoms with Crippen LogP contribution in [0.1, 0.15) is 82.9 Å². The van der Waals surface area contributed by atoms with Crippen LogP contribution in [0.3, 0.4) is 0 Å². The SMILES string of the molecule is O=C1NC(=O)c2ccc3c4c(ccc1c24)C(=O)N(c1ccc(N2C(=O)c4ccc5c6c(ccc(c46)C2=O)C(=O)NC5=O)cc1)C3=O. The van der Waals surface area contributed by atoms with Gasteiger partial charge in [-0.1, -0.05) is 0 Å². The highest BCUT2D eigenvalue weighted by Gasteiger charge is 2.40. The van der Waals surface area contributed by atoms with E-state index in [-0.39, 0.29) is 77.4 Å². The monoisotopic (exact) mass is 606 g/mol. The molecule has 12 nitrogen and oxygen atoms in total. The van der Waals surface area contributed by atoms with Gasteiger partial charge >= 0.3 is 0 Å². The molecule has 218 valence electrons. The first-order chi connectivity index (χ1) is 22.2. The molecule has 5 aromatic rings. The van der Waals surface area contributed by atoms with Crippen LogP contribution in [0.5, 0.6) is 0 Å². The zero-order chi connectivity index (χ0) is 31.8. The summed E-state index contributed by atoms with van der Waals surface area (Å²) in [5.74, 6) is -5.19. The minimum absolute atomic E-state index is 0.131. The van der Waals surface area contributed by atoms with E-state index in [0.29, 0.717) is 0 Å². The second kappa shape index (κ2) is 8.42. The number of imide groups is 4. The van der Waals surface area contributed by atoms with Crippen molar-refractivity contribution in [1.29, 1.82) is 0 Å². The number of carbonyl (C=O) groups is 8. The maximum atomic E-state index is 13.7. The Morgan fingerprint density at radius 1 is 0.304 bits per heavy atom. The lowest BCUT2D eigenvalue weighted by Gasteiger charge is -2.31. The Hall–Kier alpha value is -6.82. The third kappa shape index (κ3) is 3.01. The second-order valence-electron chi connectivity index (χ2n) is 11.1. The number of amides is 8. The van der Waals surface area contributed by atoms with Crippen LogP contribution in [0.15, 0.2) is 72.8 Å². The summed E-state index contributed by atoms with van der Waals surface area (Å²) in [7, 11) is 0. The van der Waals surface area contributed by atoms with Gasteiger partial charge in [0.25, 0.3) is 47.3 Å². The van der Waals surface area contributed by atoms with Crippen LogP contribution < -0.4 is 20.4 Å². The molecule has 9 rings (SSSR count). The van der Waals surface area contributed by atoms with Gasteiger partial charge in [-0.2, -0.15) is 0 Å². The summed E-state index contributed by atoms with van der Waals surface area (Å²) >= 11 is 0. The molecule has 4 heterocycles. The highest BCUT2D eigenvalue weighted by atomic mass is 16.2. The van der Waals surface area contributed by atoms with Crippen molar-refractivity contribution in [2.75, 3.05) is 9.80 Å². The molecule has 4 aliphatic heterocycles. The molecule has 0 fully saturated rings. The number of nitrogens with one attached hydrogen (secondary N) is 2. The van der Waals surface area contributed by atoms with Gasteiger partial charge in [0, 0.05) is 66.1 Å². The summed E-state index contributed by atoms with van der Waals surface area (Å²) in [5, 5.41) is 5.44. The van der Waals surface area contributed by atoms with Gasteiger partial charge in [-0.25, -0.2) is 9.80 Å². The Bertz CT molecular complexity index is 2170. The summed E-state index contributed by atoms with van der Waals surface area (Å²) in [5.41, 5.74) is 1.57. The molecule has 0 bridgehead atoms. The van der Waals surface area contributed by atoms with E-state index in [4.69, 9.17) is 0 Å². The van der Waals surface area contributed by atoms with Gasteiger partial charge in [-0.15, -0.1) is 0 Å². The van der Waals surface area contributed by atoms with E-state index in [1.165, 1.54) is 72.8 Å². The number of nitrogens with zero attached hydrogens (tertiary/aromatic N) is 2. The maximum absolute atomic E-state index is 13.7. The Balaban J connectivity index is 1.11. The van der Waals surface area contributed by atoms with E-state index >= 15 is 0 Å². The van der Waals surface area contributed by atoms with Crippen molar-refractivity contribution in [3.63, 3.8) is 0 Å². The van der Waals surface area contributed by atoms with Crippen molar-refractivity contribution < 1.29 is 38.4 Å². The number of benzene rings is 5. The van der Waals surface area contributed by atoms with Crippen LogP contribution in [0.2, 0.25) is 0 Å². The van der Waals surface area contributed by atoms with Crippen LogP contribution in [0, 0.1) is 0 Å². The van der Waals surface area contributed by atoms with Crippen LogP contribution in [0.4, 0.5) is 11.4 Å². The van der Waals surface area contributed by atoms with Crippen molar-refractivity contribution in [2.45, 2.75) is 0 Å². The molecule has 0 unspecified atom stereocenters. The van der Waals surface area contributed by atoms with Gasteiger partial charge in [0.05, 0.1) is 11.4 Å². The largest absolute Gasteiger partial charge is 0.288 e. The van der Waals surface area contributed by atoms with E-state index in [1.807, 2.05) is 0 Å². The zero-order valence-corrected chi connectivity index (χ0v) is 23.1. The van der Waals surface area contributed by atoms with Gasteiger partial charge in [-0.3, -0.25) is 49.0 Å². The smallest absolute Gasteiger partial charge is 0.265 e. The molecule has 4 aliphatic rings. The quantitative estimate of drug-likeness (QED) is 0.289. The van der Waals surface area contributed by atoms with Crippen LogP contribution in [-0.2, 0) is 0 Å². The van der Waals surface area contributed by atoms with Crippen molar-refractivity contribution in [3.8, 4) is 0 Å². The minimum atomic E-state index is -0.676. The van der Waals surface area contributed by atoms with Crippen molar-refractivity contribution >= 4 is 80.2 Å². The summed E-state index contributed by atoms with van der Waals surface area (Å²) < 4.78 is 0. The fraction of sp³-hybridized carbons (Fsp3) is 0. The summed E-state index contributed by atoms with van der Waals surface area (Å²) in [4.78, 5) is 107. The summed E-state index contributed by atoms with van der Waals surface area (Å²) in [6.45, 7) is 0. The van der Waals surface area contributed by atoms with Crippen LogP contribution in [-0.4, -0.2) is 47.3 Å². The van der Waals surface area contributed by atoms with E-state index in [2.05, 4.69) is 10.6 Å². The van der Waals surface area contributed by atoms with Crippen LogP contribution >= 0.6 is 0 Å². The minimum Gasteiger partial charge on any atom is -0.288 e. The third-order valence-electron chi connectivity index (χ3n) is 8.85. The molecule has 0 spiro atoms. The van der Waals surface area contributed by atoms with Gasteiger partial charge in [-0.05, 0) is 72.8 Å². The molecule has 8 amide bonds. The standard InChI is InChI=1S/C34H14N4O8/c39-27-15-5-9-19-25-20(10-6-16(23(15)25)28(40)35-27)32(44)37(31(19)43)13-1-2-14(4-3-13)38-33(45)21-11-7-17-24-18(30(42)36-29(17)41)8-12-22(26(21)24)34(38)46/h1-12H,(H,35,39,40)(H,36,41,42). The maximum Gasteiger partial charge on any atom is 0.265 e. The van der Waals surface area contributed by atoms with Gasteiger partial charge in [0.1, 0.15) is 0 Å². The van der Waals surface area contributed by atoms with E-state index < -0.39 is 47.3 Å². The van der Waals surface area contributed by atoms with Crippen molar-refractivity contribution in [1.82, 2.24) is 10.6 Å². The fourth-order valence-electron chi connectivity index (χ4n) is 6.82. The molecule has 12 heteroatoms. The van der Waals surface area contributed by atoms with Gasteiger partial charge in [0.15, 0.2) is 0 Å².